The molecule has 1 aromatic rings. The molecule has 0 bridgehead atoms. The van der Waals surface area contributed by atoms with E-state index in [-0.39, 0.29) is 5.41 Å². The second-order valence-electron chi connectivity index (χ2n) is 5.26. The lowest BCUT2D eigenvalue weighted by molar-refractivity contribution is 0.203. The first-order valence-corrected chi connectivity index (χ1v) is 7.37. The van der Waals surface area contributed by atoms with Gasteiger partial charge >= 0.3 is 0 Å². The van der Waals surface area contributed by atoms with E-state index in [0.717, 1.165) is 25.6 Å². The summed E-state index contributed by atoms with van der Waals surface area (Å²) in [5.74, 6) is 0.881. The maximum absolute atomic E-state index is 5.05. The molecule has 0 aromatic heterocycles. The number of nitrogens with zero attached hydrogens (tertiary/aromatic N) is 1. The van der Waals surface area contributed by atoms with Gasteiger partial charge in [0.15, 0.2) is 5.96 Å². The Kier molecular flexibility index (Phi) is 5.41. The Morgan fingerprint density at radius 2 is 2.00 bits per heavy atom. The van der Waals surface area contributed by atoms with Crippen molar-refractivity contribution in [3.05, 3.63) is 35.9 Å². The maximum atomic E-state index is 5.05. The molecule has 1 aromatic carbocycles. The standard InChI is InChI=1S/C16H25N3O/c1-3-17-15(18-11-12-20-2)19-13-16(9-10-16)14-7-5-4-6-8-14/h4-8H,3,9-13H2,1-2H3,(H2,17,18,19). The summed E-state index contributed by atoms with van der Waals surface area (Å²) in [6.07, 6.45) is 2.47. The van der Waals surface area contributed by atoms with E-state index in [1.165, 1.54) is 18.4 Å². The smallest absolute Gasteiger partial charge is 0.191 e. The minimum Gasteiger partial charge on any atom is -0.383 e. The highest BCUT2D eigenvalue weighted by atomic mass is 16.5. The SMILES string of the molecule is CCNC(=NCC1(c2ccccc2)CC1)NCCOC. The first-order valence-electron chi connectivity index (χ1n) is 7.37. The van der Waals surface area contributed by atoms with Crippen molar-refractivity contribution in [3.63, 3.8) is 0 Å². The fourth-order valence-corrected chi connectivity index (χ4v) is 2.32. The summed E-state index contributed by atoms with van der Waals surface area (Å²) in [6, 6.07) is 10.7. The Balaban J connectivity index is 1.94. The Morgan fingerprint density at radius 3 is 2.60 bits per heavy atom. The van der Waals surface area contributed by atoms with Crippen molar-refractivity contribution >= 4 is 5.96 Å². The van der Waals surface area contributed by atoms with E-state index in [0.29, 0.717) is 6.61 Å². The monoisotopic (exact) mass is 275 g/mol. The van der Waals surface area contributed by atoms with Gasteiger partial charge in [-0.15, -0.1) is 0 Å². The predicted molar refractivity (Wildman–Crippen MR) is 83.2 cm³/mol. The zero-order valence-corrected chi connectivity index (χ0v) is 12.5. The van der Waals surface area contributed by atoms with Gasteiger partial charge in [0.1, 0.15) is 0 Å². The van der Waals surface area contributed by atoms with Crippen LogP contribution in [0.15, 0.2) is 35.3 Å². The average molecular weight is 275 g/mol. The summed E-state index contributed by atoms with van der Waals surface area (Å²) in [5.41, 5.74) is 1.68. The van der Waals surface area contributed by atoms with Gasteiger partial charge in [0, 0.05) is 25.6 Å². The highest BCUT2D eigenvalue weighted by molar-refractivity contribution is 5.79. The van der Waals surface area contributed by atoms with Gasteiger partial charge in [0.25, 0.3) is 0 Å². The van der Waals surface area contributed by atoms with Crippen molar-refractivity contribution in [3.8, 4) is 0 Å². The molecule has 0 aliphatic heterocycles. The molecule has 0 radical (unpaired) electrons. The molecule has 2 N–H and O–H groups in total. The number of ether oxygens (including phenoxy) is 1. The highest BCUT2D eigenvalue weighted by Crippen LogP contribution is 2.48. The lowest BCUT2D eigenvalue weighted by Crippen LogP contribution is -2.39. The molecule has 110 valence electrons. The minimum absolute atomic E-state index is 0.269. The van der Waals surface area contributed by atoms with Gasteiger partial charge < -0.3 is 15.4 Å². The summed E-state index contributed by atoms with van der Waals surface area (Å²) < 4.78 is 5.05. The number of aliphatic imine (C=N–C) groups is 1. The maximum Gasteiger partial charge on any atom is 0.191 e. The van der Waals surface area contributed by atoms with Gasteiger partial charge in [-0.05, 0) is 25.3 Å². The number of methoxy groups -OCH3 is 1. The minimum atomic E-state index is 0.269. The molecule has 4 heteroatoms. The Labute approximate surface area is 121 Å². The Hall–Kier alpha value is -1.55. The number of nitrogens with one attached hydrogen (secondary N) is 2. The van der Waals surface area contributed by atoms with Crippen LogP contribution in [0.1, 0.15) is 25.3 Å². The van der Waals surface area contributed by atoms with E-state index in [9.17, 15) is 0 Å². The molecule has 1 aliphatic rings. The molecule has 0 unspecified atom stereocenters. The third-order valence-electron chi connectivity index (χ3n) is 3.72. The van der Waals surface area contributed by atoms with Crippen molar-refractivity contribution in [1.29, 1.82) is 0 Å². The molecule has 0 saturated heterocycles. The quantitative estimate of drug-likeness (QED) is 0.454. The number of hydrogen-bond acceptors (Lipinski definition) is 2. The third-order valence-corrected chi connectivity index (χ3v) is 3.72. The molecule has 0 spiro atoms. The lowest BCUT2D eigenvalue weighted by Gasteiger charge is -2.15. The van der Waals surface area contributed by atoms with Crippen LogP contribution in [0.4, 0.5) is 0 Å². The third kappa shape index (κ3) is 3.97. The normalized spacial score (nSPS) is 16.8. The molecule has 0 heterocycles. The molecule has 4 nitrogen and oxygen atoms in total. The van der Waals surface area contributed by atoms with Gasteiger partial charge in [-0.3, -0.25) is 4.99 Å². The number of hydrogen-bond donors (Lipinski definition) is 2. The van der Waals surface area contributed by atoms with Crippen LogP contribution in [0.2, 0.25) is 0 Å². The molecule has 1 fully saturated rings. The fourth-order valence-electron chi connectivity index (χ4n) is 2.32. The zero-order chi connectivity index (χ0) is 14.3. The van der Waals surface area contributed by atoms with Gasteiger partial charge in [-0.2, -0.15) is 0 Å². The molecule has 1 aliphatic carbocycles. The van der Waals surface area contributed by atoms with Gasteiger partial charge in [-0.1, -0.05) is 30.3 Å². The second kappa shape index (κ2) is 7.29. The number of guanidine groups is 1. The van der Waals surface area contributed by atoms with Crippen molar-refractivity contribution in [2.24, 2.45) is 4.99 Å². The van der Waals surface area contributed by atoms with Crippen LogP contribution in [0.25, 0.3) is 0 Å². The Morgan fingerprint density at radius 1 is 1.25 bits per heavy atom. The van der Waals surface area contributed by atoms with Crippen molar-refractivity contribution in [2.45, 2.75) is 25.2 Å². The van der Waals surface area contributed by atoms with Crippen LogP contribution in [0.3, 0.4) is 0 Å². The average Bonchev–Trinajstić information content (AvgIpc) is 3.27. The first kappa shape index (κ1) is 14.9. The van der Waals surface area contributed by atoms with Crippen LogP contribution >= 0.6 is 0 Å². The Bertz CT molecular complexity index is 427. The number of rotatable bonds is 7. The molecular weight excluding hydrogens is 250 g/mol. The van der Waals surface area contributed by atoms with E-state index in [1.54, 1.807) is 7.11 Å². The summed E-state index contributed by atoms with van der Waals surface area (Å²) >= 11 is 0. The summed E-state index contributed by atoms with van der Waals surface area (Å²) in [5, 5.41) is 6.56. The lowest BCUT2D eigenvalue weighted by atomic mass is 9.96. The van der Waals surface area contributed by atoms with Crippen molar-refractivity contribution in [1.82, 2.24) is 10.6 Å². The molecule has 0 atom stereocenters. The molecule has 20 heavy (non-hydrogen) atoms. The summed E-state index contributed by atoms with van der Waals surface area (Å²) in [7, 11) is 1.71. The molecule has 2 rings (SSSR count). The fraction of sp³-hybridized carbons (Fsp3) is 0.562. The summed E-state index contributed by atoms with van der Waals surface area (Å²) in [4.78, 5) is 4.73. The second-order valence-corrected chi connectivity index (χ2v) is 5.26. The van der Waals surface area contributed by atoms with E-state index < -0.39 is 0 Å². The van der Waals surface area contributed by atoms with Crippen molar-refractivity contribution < 1.29 is 4.74 Å². The van der Waals surface area contributed by atoms with Gasteiger partial charge in [0.2, 0.25) is 0 Å². The predicted octanol–water partition coefficient (Wildman–Crippen LogP) is 1.92. The van der Waals surface area contributed by atoms with E-state index in [1.807, 2.05) is 0 Å². The van der Waals surface area contributed by atoms with Crippen LogP contribution in [0, 0.1) is 0 Å². The van der Waals surface area contributed by atoms with Gasteiger partial charge in [-0.25, -0.2) is 0 Å². The van der Waals surface area contributed by atoms with Crippen molar-refractivity contribution in [2.75, 3.05) is 33.4 Å². The zero-order valence-electron chi connectivity index (χ0n) is 12.5. The highest BCUT2D eigenvalue weighted by Gasteiger charge is 2.43. The van der Waals surface area contributed by atoms with E-state index in [2.05, 4.69) is 47.9 Å². The molecular formula is C16H25N3O. The number of benzene rings is 1. The topological polar surface area (TPSA) is 45.7 Å². The van der Waals surface area contributed by atoms with E-state index in [4.69, 9.17) is 9.73 Å². The van der Waals surface area contributed by atoms with Crippen LogP contribution in [-0.4, -0.2) is 39.3 Å². The summed E-state index contributed by atoms with van der Waals surface area (Å²) in [6.45, 7) is 5.27. The van der Waals surface area contributed by atoms with E-state index >= 15 is 0 Å². The van der Waals surface area contributed by atoms with Crippen LogP contribution < -0.4 is 10.6 Å². The first-order chi connectivity index (χ1) is 9.80. The van der Waals surface area contributed by atoms with Gasteiger partial charge in [0.05, 0.1) is 13.2 Å². The largest absolute Gasteiger partial charge is 0.383 e. The van der Waals surface area contributed by atoms with Crippen LogP contribution in [0.5, 0.6) is 0 Å². The molecule has 0 amide bonds. The molecule has 1 saturated carbocycles. The van der Waals surface area contributed by atoms with Crippen LogP contribution in [-0.2, 0) is 10.2 Å².